The van der Waals surface area contributed by atoms with E-state index in [1.54, 1.807) is 0 Å². The summed E-state index contributed by atoms with van der Waals surface area (Å²) in [5.41, 5.74) is 2.73. The van der Waals surface area contributed by atoms with Crippen molar-refractivity contribution >= 4 is 0 Å². The van der Waals surface area contributed by atoms with Crippen LogP contribution in [0, 0.1) is 24.2 Å². The van der Waals surface area contributed by atoms with E-state index in [4.69, 9.17) is 0 Å². The first-order valence-electron chi connectivity index (χ1n) is 6.63. The van der Waals surface area contributed by atoms with E-state index in [0.29, 0.717) is 5.92 Å². The van der Waals surface area contributed by atoms with Crippen LogP contribution in [0.1, 0.15) is 37.8 Å². The zero-order valence-electron chi connectivity index (χ0n) is 11.8. The van der Waals surface area contributed by atoms with Crippen LogP contribution in [0.3, 0.4) is 0 Å². The smallest absolute Gasteiger partial charge is 0.0676 e. The number of nitrogens with zero attached hydrogens (tertiary/aromatic N) is 2. The van der Waals surface area contributed by atoms with E-state index in [1.165, 1.54) is 11.1 Å². The number of hydrogen-bond donors (Lipinski definition) is 0. The van der Waals surface area contributed by atoms with E-state index < -0.39 is 0 Å². The Morgan fingerprint density at radius 3 is 2.28 bits per heavy atom. The minimum atomic E-state index is 0.118. The minimum absolute atomic E-state index is 0.118. The van der Waals surface area contributed by atoms with Gasteiger partial charge >= 0.3 is 0 Å². The molecule has 0 N–H and O–H groups in total. The quantitative estimate of drug-likeness (QED) is 0.755. The maximum Gasteiger partial charge on any atom is 0.0676 e. The Kier molecular flexibility index (Phi) is 3.45. The van der Waals surface area contributed by atoms with Crippen LogP contribution < -0.4 is 0 Å². The highest BCUT2D eigenvalue weighted by Gasteiger charge is 2.38. The second-order valence-electron chi connectivity index (χ2n) is 6.33. The molecule has 96 valence electrons. The van der Waals surface area contributed by atoms with Crippen molar-refractivity contribution in [1.82, 2.24) is 4.90 Å². The second kappa shape index (κ2) is 4.74. The Balaban J connectivity index is 2.23. The molecular formula is C16H22N2. The van der Waals surface area contributed by atoms with Gasteiger partial charge in [0.1, 0.15) is 0 Å². The van der Waals surface area contributed by atoms with Crippen molar-refractivity contribution in [3.63, 3.8) is 0 Å². The third-order valence-corrected chi connectivity index (χ3v) is 3.94. The molecule has 0 saturated carbocycles. The third-order valence-electron chi connectivity index (χ3n) is 3.94. The zero-order valence-corrected chi connectivity index (χ0v) is 11.8. The average molecular weight is 242 g/mol. The summed E-state index contributed by atoms with van der Waals surface area (Å²) in [6.45, 7) is 10.6. The predicted octanol–water partition coefficient (Wildman–Crippen LogP) is 3.33. The van der Waals surface area contributed by atoms with Crippen molar-refractivity contribution < 1.29 is 0 Å². The molecule has 2 nitrogen and oxygen atoms in total. The van der Waals surface area contributed by atoms with Crippen molar-refractivity contribution in [3.05, 3.63) is 35.4 Å². The van der Waals surface area contributed by atoms with Crippen LogP contribution in [-0.2, 0) is 0 Å². The Bertz CT molecular complexity index is 447. The normalized spacial score (nSPS) is 25.1. The van der Waals surface area contributed by atoms with Gasteiger partial charge in [-0.3, -0.25) is 4.90 Å². The van der Waals surface area contributed by atoms with E-state index >= 15 is 0 Å². The third kappa shape index (κ3) is 2.57. The van der Waals surface area contributed by atoms with Gasteiger partial charge < -0.3 is 0 Å². The monoisotopic (exact) mass is 242 g/mol. The van der Waals surface area contributed by atoms with Crippen LogP contribution in [0.4, 0.5) is 0 Å². The molecule has 1 aliphatic heterocycles. The number of aryl methyl sites for hydroxylation is 1. The molecule has 0 aromatic heterocycles. The molecule has 2 heteroatoms. The fourth-order valence-corrected chi connectivity index (χ4v) is 2.63. The lowest BCUT2D eigenvalue weighted by molar-refractivity contribution is 0.170. The summed E-state index contributed by atoms with van der Waals surface area (Å²) in [6, 6.07) is 11.1. The minimum Gasteiger partial charge on any atom is -0.297 e. The molecule has 1 aromatic carbocycles. The average Bonchev–Trinajstić information content (AvgIpc) is 2.73. The van der Waals surface area contributed by atoms with Crippen LogP contribution in [0.15, 0.2) is 24.3 Å². The molecule has 0 bridgehead atoms. The van der Waals surface area contributed by atoms with Gasteiger partial charge in [-0.05, 0) is 33.3 Å². The van der Waals surface area contributed by atoms with E-state index in [0.717, 1.165) is 13.1 Å². The molecule has 0 unspecified atom stereocenters. The molecule has 1 aromatic rings. The number of likely N-dealkylation sites (tertiary alicyclic amines) is 1. The maximum atomic E-state index is 9.36. The van der Waals surface area contributed by atoms with Crippen molar-refractivity contribution in [3.8, 4) is 6.07 Å². The van der Waals surface area contributed by atoms with E-state index in [9.17, 15) is 5.26 Å². The summed E-state index contributed by atoms with van der Waals surface area (Å²) >= 11 is 0. The van der Waals surface area contributed by atoms with E-state index in [-0.39, 0.29) is 11.5 Å². The summed E-state index contributed by atoms with van der Waals surface area (Å²) in [6.07, 6.45) is 0. The van der Waals surface area contributed by atoms with Gasteiger partial charge in [0, 0.05) is 24.5 Å². The molecule has 0 amide bonds. The molecule has 2 atom stereocenters. The van der Waals surface area contributed by atoms with Crippen LogP contribution in [-0.4, -0.2) is 23.5 Å². The molecular weight excluding hydrogens is 220 g/mol. The zero-order chi connectivity index (χ0) is 13.3. The summed E-state index contributed by atoms with van der Waals surface area (Å²) in [4.78, 5) is 2.42. The first-order valence-corrected chi connectivity index (χ1v) is 6.63. The van der Waals surface area contributed by atoms with Crippen LogP contribution in [0.25, 0.3) is 0 Å². The molecule has 1 heterocycles. The number of rotatable bonds is 1. The van der Waals surface area contributed by atoms with E-state index in [2.05, 4.69) is 62.9 Å². The Morgan fingerprint density at radius 1 is 1.17 bits per heavy atom. The Morgan fingerprint density at radius 2 is 1.78 bits per heavy atom. The van der Waals surface area contributed by atoms with E-state index in [1.807, 2.05) is 0 Å². The van der Waals surface area contributed by atoms with Gasteiger partial charge in [-0.15, -0.1) is 0 Å². The maximum absolute atomic E-state index is 9.36. The highest BCUT2D eigenvalue weighted by molar-refractivity contribution is 5.28. The van der Waals surface area contributed by atoms with Crippen molar-refractivity contribution in [2.75, 3.05) is 13.1 Å². The largest absolute Gasteiger partial charge is 0.297 e. The summed E-state index contributed by atoms with van der Waals surface area (Å²) < 4.78 is 0. The molecule has 1 fully saturated rings. The van der Waals surface area contributed by atoms with Gasteiger partial charge in [0.2, 0.25) is 0 Å². The SMILES string of the molecule is Cc1ccc([C@H]2CN(C(C)(C)C)C[C@@H]2C#N)cc1. The first-order chi connectivity index (χ1) is 8.41. The van der Waals surface area contributed by atoms with Crippen molar-refractivity contribution in [2.45, 2.75) is 39.2 Å². The standard InChI is InChI=1S/C16H22N2/c1-12-5-7-13(8-6-12)15-11-18(16(2,3)4)10-14(15)9-17/h5-8,14-15H,10-11H2,1-4H3/t14-,15+/m0/s1. The highest BCUT2D eigenvalue weighted by Crippen LogP contribution is 2.35. The van der Waals surface area contributed by atoms with Crippen molar-refractivity contribution in [1.29, 1.82) is 5.26 Å². The lowest BCUT2D eigenvalue weighted by Crippen LogP contribution is -2.39. The fourth-order valence-electron chi connectivity index (χ4n) is 2.63. The predicted molar refractivity (Wildman–Crippen MR) is 74.3 cm³/mol. The van der Waals surface area contributed by atoms with Gasteiger partial charge in [0.15, 0.2) is 0 Å². The number of hydrogen-bond acceptors (Lipinski definition) is 2. The number of benzene rings is 1. The van der Waals surface area contributed by atoms with Gasteiger partial charge in [0.05, 0.1) is 12.0 Å². The second-order valence-corrected chi connectivity index (χ2v) is 6.33. The van der Waals surface area contributed by atoms with Crippen LogP contribution in [0.5, 0.6) is 0 Å². The van der Waals surface area contributed by atoms with Gasteiger partial charge in [-0.1, -0.05) is 29.8 Å². The molecule has 2 rings (SSSR count). The molecule has 0 spiro atoms. The van der Waals surface area contributed by atoms with Gasteiger partial charge in [-0.2, -0.15) is 5.26 Å². The fraction of sp³-hybridized carbons (Fsp3) is 0.562. The Labute approximate surface area is 110 Å². The first kappa shape index (κ1) is 13.1. The summed E-state index contributed by atoms with van der Waals surface area (Å²) in [5.74, 6) is 0.474. The Hall–Kier alpha value is -1.33. The number of nitriles is 1. The van der Waals surface area contributed by atoms with Crippen LogP contribution in [0.2, 0.25) is 0 Å². The lowest BCUT2D eigenvalue weighted by Gasteiger charge is -2.31. The molecule has 0 radical (unpaired) electrons. The van der Waals surface area contributed by atoms with Crippen molar-refractivity contribution in [2.24, 2.45) is 5.92 Å². The molecule has 1 saturated heterocycles. The lowest BCUT2D eigenvalue weighted by atomic mass is 9.89. The topological polar surface area (TPSA) is 27.0 Å². The molecule has 1 aliphatic rings. The van der Waals surface area contributed by atoms with Crippen LogP contribution >= 0.6 is 0 Å². The van der Waals surface area contributed by atoms with Gasteiger partial charge in [0.25, 0.3) is 0 Å². The summed E-state index contributed by atoms with van der Waals surface area (Å²) in [5, 5.41) is 9.36. The molecule has 18 heavy (non-hydrogen) atoms. The highest BCUT2D eigenvalue weighted by atomic mass is 15.2. The van der Waals surface area contributed by atoms with Gasteiger partial charge in [-0.25, -0.2) is 0 Å². The molecule has 0 aliphatic carbocycles. The summed E-state index contributed by atoms with van der Waals surface area (Å²) in [7, 11) is 0.